The van der Waals surface area contributed by atoms with Crippen LogP contribution in [-0.2, 0) is 6.42 Å². The molecule has 2 aromatic carbocycles. The van der Waals surface area contributed by atoms with Gasteiger partial charge < -0.3 is 20.0 Å². The molecule has 0 bridgehead atoms. The number of hydrogen-bond donors (Lipinski definition) is 2. The van der Waals surface area contributed by atoms with E-state index in [4.69, 9.17) is 4.42 Å². The van der Waals surface area contributed by atoms with Crippen molar-refractivity contribution in [3.63, 3.8) is 0 Å². The molecule has 0 unspecified atom stereocenters. The molecule has 6 heteroatoms. The quantitative estimate of drug-likeness (QED) is 0.508. The van der Waals surface area contributed by atoms with Gasteiger partial charge in [-0.25, -0.2) is 4.39 Å². The molecule has 4 rings (SSSR count). The average Bonchev–Trinajstić information content (AvgIpc) is 3.16. The number of nitrogens with zero attached hydrogens (tertiary/aromatic N) is 2. The first-order valence-corrected chi connectivity index (χ1v) is 10.2. The Balaban J connectivity index is 1.23. The Labute approximate surface area is 170 Å². The maximum Gasteiger partial charge on any atom is 0.191 e. The van der Waals surface area contributed by atoms with Crippen LogP contribution < -0.4 is 15.5 Å². The summed E-state index contributed by atoms with van der Waals surface area (Å²) >= 11 is 0. The summed E-state index contributed by atoms with van der Waals surface area (Å²) in [5.41, 5.74) is 1.88. The van der Waals surface area contributed by atoms with Crippen molar-refractivity contribution in [2.24, 2.45) is 4.99 Å². The van der Waals surface area contributed by atoms with Gasteiger partial charge in [-0.15, -0.1) is 0 Å². The van der Waals surface area contributed by atoms with E-state index >= 15 is 0 Å². The zero-order valence-electron chi connectivity index (χ0n) is 16.7. The van der Waals surface area contributed by atoms with Gasteiger partial charge in [-0.05, 0) is 43.2 Å². The number of rotatable bonds is 5. The number of aliphatic imine (C=N–C) groups is 1. The first-order valence-electron chi connectivity index (χ1n) is 10.2. The summed E-state index contributed by atoms with van der Waals surface area (Å²) in [7, 11) is 1.79. The third-order valence-electron chi connectivity index (χ3n) is 5.37. The Morgan fingerprint density at radius 2 is 1.97 bits per heavy atom. The molecule has 152 valence electrons. The molecule has 1 aliphatic rings. The van der Waals surface area contributed by atoms with E-state index in [0.29, 0.717) is 6.04 Å². The van der Waals surface area contributed by atoms with Crippen LogP contribution in [0, 0.1) is 5.82 Å². The second-order valence-electron chi connectivity index (χ2n) is 7.39. The fourth-order valence-electron chi connectivity index (χ4n) is 3.81. The molecule has 0 atom stereocenters. The fourth-order valence-corrected chi connectivity index (χ4v) is 3.81. The second-order valence-corrected chi connectivity index (χ2v) is 7.39. The average molecular weight is 394 g/mol. The number of nitrogens with one attached hydrogen (secondary N) is 2. The summed E-state index contributed by atoms with van der Waals surface area (Å²) < 4.78 is 19.3. The van der Waals surface area contributed by atoms with Crippen molar-refractivity contribution in [2.45, 2.75) is 25.3 Å². The lowest BCUT2D eigenvalue weighted by Gasteiger charge is -2.34. The van der Waals surface area contributed by atoms with Crippen molar-refractivity contribution < 1.29 is 8.81 Å². The number of furan rings is 1. The van der Waals surface area contributed by atoms with Gasteiger partial charge in [-0.2, -0.15) is 0 Å². The van der Waals surface area contributed by atoms with Gasteiger partial charge >= 0.3 is 0 Å². The highest BCUT2D eigenvalue weighted by atomic mass is 19.1. The molecule has 1 fully saturated rings. The van der Waals surface area contributed by atoms with Gasteiger partial charge in [0.1, 0.15) is 17.2 Å². The summed E-state index contributed by atoms with van der Waals surface area (Å²) in [6.07, 6.45) is 2.77. The molecular weight excluding hydrogens is 367 g/mol. The summed E-state index contributed by atoms with van der Waals surface area (Å²) in [4.78, 5) is 6.58. The molecule has 1 saturated heterocycles. The standard InChI is InChI=1S/C23H27FN4O/c1-25-23(26-12-9-21-15-17-5-2-3-8-22(17)29-21)27-19-10-13-28(14-11-19)20-7-4-6-18(24)16-20/h2-8,15-16,19H,9-14H2,1H3,(H2,25,26,27). The SMILES string of the molecule is CN=C(NCCc1cc2ccccc2o1)NC1CCN(c2cccc(F)c2)CC1. The van der Waals surface area contributed by atoms with Gasteiger partial charge in [-0.3, -0.25) is 4.99 Å². The molecule has 0 radical (unpaired) electrons. The lowest BCUT2D eigenvalue weighted by atomic mass is 10.0. The Morgan fingerprint density at radius 1 is 1.14 bits per heavy atom. The van der Waals surface area contributed by atoms with Crippen LogP contribution in [0.3, 0.4) is 0 Å². The monoisotopic (exact) mass is 394 g/mol. The molecule has 5 nitrogen and oxygen atoms in total. The van der Waals surface area contributed by atoms with Gasteiger partial charge in [0, 0.05) is 50.2 Å². The first-order chi connectivity index (χ1) is 14.2. The van der Waals surface area contributed by atoms with Crippen LogP contribution in [-0.4, -0.2) is 38.7 Å². The van der Waals surface area contributed by atoms with Crippen molar-refractivity contribution in [1.82, 2.24) is 10.6 Å². The second kappa shape index (κ2) is 8.99. The van der Waals surface area contributed by atoms with E-state index in [0.717, 1.165) is 67.3 Å². The van der Waals surface area contributed by atoms with Crippen molar-refractivity contribution in [3.8, 4) is 0 Å². The van der Waals surface area contributed by atoms with E-state index in [2.05, 4.69) is 32.7 Å². The van der Waals surface area contributed by atoms with Gasteiger partial charge in [0.25, 0.3) is 0 Å². The molecule has 0 aliphatic carbocycles. The smallest absolute Gasteiger partial charge is 0.191 e. The van der Waals surface area contributed by atoms with Gasteiger partial charge in [0.2, 0.25) is 0 Å². The molecule has 0 spiro atoms. The summed E-state index contributed by atoms with van der Waals surface area (Å²) in [5, 5.41) is 8.02. The largest absolute Gasteiger partial charge is 0.461 e. The van der Waals surface area contributed by atoms with E-state index in [1.165, 1.54) is 6.07 Å². The number of piperidine rings is 1. The lowest BCUT2D eigenvalue weighted by Crippen LogP contribution is -2.49. The molecule has 2 N–H and O–H groups in total. The molecule has 2 heterocycles. The van der Waals surface area contributed by atoms with Crippen LogP contribution in [0.5, 0.6) is 0 Å². The van der Waals surface area contributed by atoms with Crippen LogP contribution in [0.2, 0.25) is 0 Å². The van der Waals surface area contributed by atoms with Crippen molar-refractivity contribution in [2.75, 3.05) is 31.6 Å². The molecule has 1 aliphatic heterocycles. The number of hydrogen-bond acceptors (Lipinski definition) is 3. The van der Waals surface area contributed by atoms with E-state index in [-0.39, 0.29) is 5.82 Å². The van der Waals surface area contributed by atoms with Crippen LogP contribution in [0.25, 0.3) is 11.0 Å². The van der Waals surface area contributed by atoms with Crippen molar-refractivity contribution in [1.29, 1.82) is 0 Å². The Morgan fingerprint density at radius 3 is 2.72 bits per heavy atom. The topological polar surface area (TPSA) is 52.8 Å². The zero-order valence-corrected chi connectivity index (χ0v) is 16.7. The molecule has 0 amide bonds. The minimum absolute atomic E-state index is 0.184. The van der Waals surface area contributed by atoms with Gasteiger partial charge in [-0.1, -0.05) is 24.3 Å². The number of anilines is 1. The number of benzene rings is 2. The predicted octanol–water partition coefficient (Wildman–Crippen LogP) is 3.95. The van der Waals surface area contributed by atoms with Crippen molar-refractivity contribution >= 4 is 22.6 Å². The molecule has 3 aromatic rings. The third kappa shape index (κ3) is 4.88. The first kappa shape index (κ1) is 19.3. The summed E-state index contributed by atoms with van der Waals surface area (Å²) in [6, 6.07) is 17.3. The highest BCUT2D eigenvalue weighted by Crippen LogP contribution is 2.21. The normalized spacial score (nSPS) is 15.7. The number of halogens is 1. The zero-order chi connectivity index (χ0) is 20.1. The summed E-state index contributed by atoms with van der Waals surface area (Å²) in [6.45, 7) is 2.55. The minimum Gasteiger partial charge on any atom is -0.461 e. The van der Waals surface area contributed by atoms with E-state index < -0.39 is 0 Å². The Kier molecular flexibility index (Phi) is 5.98. The van der Waals surface area contributed by atoms with Gasteiger partial charge in [0.15, 0.2) is 5.96 Å². The minimum atomic E-state index is -0.184. The summed E-state index contributed by atoms with van der Waals surface area (Å²) in [5.74, 6) is 1.60. The maximum atomic E-state index is 13.4. The number of para-hydroxylation sites is 1. The van der Waals surface area contributed by atoms with Crippen LogP contribution in [0.4, 0.5) is 10.1 Å². The van der Waals surface area contributed by atoms with Crippen LogP contribution in [0.1, 0.15) is 18.6 Å². The molecule has 1 aromatic heterocycles. The fraction of sp³-hybridized carbons (Fsp3) is 0.348. The Hall–Kier alpha value is -3.02. The highest BCUT2D eigenvalue weighted by molar-refractivity contribution is 5.80. The van der Waals surface area contributed by atoms with Crippen LogP contribution >= 0.6 is 0 Å². The van der Waals surface area contributed by atoms with Crippen molar-refractivity contribution in [3.05, 3.63) is 66.2 Å². The van der Waals surface area contributed by atoms with Crippen LogP contribution in [0.15, 0.2) is 64.0 Å². The molecule has 0 saturated carbocycles. The third-order valence-corrected chi connectivity index (χ3v) is 5.37. The molecule has 29 heavy (non-hydrogen) atoms. The van der Waals surface area contributed by atoms with E-state index in [1.807, 2.05) is 24.3 Å². The number of guanidine groups is 1. The predicted molar refractivity (Wildman–Crippen MR) is 116 cm³/mol. The van der Waals surface area contributed by atoms with Gasteiger partial charge in [0.05, 0.1) is 0 Å². The highest BCUT2D eigenvalue weighted by Gasteiger charge is 2.20. The lowest BCUT2D eigenvalue weighted by molar-refractivity contribution is 0.460. The van der Waals surface area contributed by atoms with E-state index in [1.54, 1.807) is 19.2 Å². The molecular formula is C23H27FN4O. The maximum absolute atomic E-state index is 13.4. The Bertz CT molecular complexity index is 943. The van der Waals surface area contributed by atoms with E-state index in [9.17, 15) is 4.39 Å². The number of fused-ring (bicyclic) bond motifs is 1.